The Hall–Kier alpha value is -2.25. The fraction of sp³-hybridized carbons (Fsp3) is 0.250. The third-order valence-electron chi connectivity index (χ3n) is 3.37. The highest BCUT2D eigenvalue weighted by molar-refractivity contribution is 7.99. The van der Waals surface area contributed by atoms with Crippen LogP contribution in [0.5, 0.6) is 0 Å². The molecule has 0 spiro atoms. The van der Waals surface area contributed by atoms with Gasteiger partial charge in [-0.2, -0.15) is 0 Å². The van der Waals surface area contributed by atoms with E-state index in [1.54, 1.807) is 6.07 Å². The summed E-state index contributed by atoms with van der Waals surface area (Å²) in [5.74, 6) is 0.181. The van der Waals surface area contributed by atoms with Gasteiger partial charge < -0.3 is 19.9 Å². The zero-order valence-corrected chi connectivity index (χ0v) is 13.6. The van der Waals surface area contributed by atoms with Crippen LogP contribution in [0.15, 0.2) is 45.0 Å². The van der Waals surface area contributed by atoms with E-state index in [-0.39, 0.29) is 0 Å². The minimum Gasteiger partial charge on any atom is -0.468 e. The van der Waals surface area contributed by atoms with Crippen molar-refractivity contribution in [3.63, 3.8) is 0 Å². The number of fused-ring (bicyclic) bond motifs is 1. The second-order valence-electron chi connectivity index (χ2n) is 5.22. The number of hydrogen-bond acceptors (Lipinski definition) is 6. The number of H-pyrrole nitrogens is 1. The Bertz CT molecular complexity index is 840. The molecule has 6 nitrogen and oxygen atoms in total. The molecule has 7 heteroatoms. The SMILES string of the molecule is COC(=O)C(N)Cc1ccc(Sc2nc3ccc(C)cc3[nH]2)o1. The van der Waals surface area contributed by atoms with E-state index in [9.17, 15) is 4.79 Å². The van der Waals surface area contributed by atoms with E-state index in [1.807, 2.05) is 25.1 Å². The molecular formula is C16H17N3O3S. The van der Waals surface area contributed by atoms with Gasteiger partial charge in [0.2, 0.25) is 0 Å². The van der Waals surface area contributed by atoms with E-state index in [0.29, 0.717) is 17.3 Å². The Kier molecular flexibility index (Phi) is 4.40. The van der Waals surface area contributed by atoms with Gasteiger partial charge in [-0.15, -0.1) is 0 Å². The number of aromatic nitrogens is 2. The van der Waals surface area contributed by atoms with Crippen molar-refractivity contribution in [2.45, 2.75) is 29.6 Å². The minimum absolute atomic E-state index is 0.298. The average molecular weight is 331 g/mol. The van der Waals surface area contributed by atoms with Crippen LogP contribution in [0, 0.1) is 6.92 Å². The molecule has 0 aliphatic carbocycles. The van der Waals surface area contributed by atoms with Gasteiger partial charge in [-0.05, 0) is 48.5 Å². The lowest BCUT2D eigenvalue weighted by atomic mass is 10.2. The number of methoxy groups -OCH3 is 1. The number of benzene rings is 1. The Morgan fingerprint density at radius 3 is 3.04 bits per heavy atom. The van der Waals surface area contributed by atoms with E-state index in [1.165, 1.54) is 24.4 Å². The van der Waals surface area contributed by atoms with Crippen molar-refractivity contribution in [1.29, 1.82) is 0 Å². The van der Waals surface area contributed by atoms with E-state index >= 15 is 0 Å². The summed E-state index contributed by atoms with van der Waals surface area (Å²) in [4.78, 5) is 19.1. The van der Waals surface area contributed by atoms with Crippen LogP contribution in [0.2, 0.25) is 0 Å². The van der Waals surface area contributed by atoms with Crippen molar-refractivity contribution in [3.8, 4) is 0 Å². The lowest BCUT2D eigenvalue weighted by Crippen LogP contribution is -2.33. The van der Waals surface area contributed by atoms with Gasteiger partial charge in [-0.3, -0.25) is 4.79 Å². The molecule has 0 radical (unpaired) electrons. The van der Waals surface area contributed by atoms with E-state index in [0.717, 1.165) is 16.2 Å². The van der Waals surface area contributed by atoms with Gasteiger partial charge in [0.15, 0.2) is 10.2 Å². The van der Waals surface area contributed by atoms with E-state index in [2.05, 4.69) is 20.8 Å². The van der Waals surface area contributed by atoms with Crippen LogP contribution < -0.4 is 5.73 Å². The number of hydrogen-bond donors (Lipinski definition) is 2. The number of carbonyl (C=O) groups excluding carboxylic acids is 1. The maximum absolute atomic E-state index is 11.3. The Labute approximate surface area is 137 Å². The van der Waals surface area contributed by atoms with Crippen LogP contribution >= 0.6 is 11.8 Å². The third-order valence-corrected chi connectivity index (χ3v) is 4.18. The lowest BCUT2D eigenvalue weighted by molar-refractivity contribution is -0.142. The highest BCUT2D eigenvalue weighted by Gasteiger charge is 2.17. The van der Waals surface area contributed by atoms with Gasteiger partial charge in [0.1, 0.15) is 11.8 Å². The topological polar surface area (TPSA) is 94.1 Å². The summed E-state index contributed by atoms with van der Waals surface area (Å²) in [6.45, 7) is 2.04. The molecule has 2 heterocycles. The standard InChI is InChI=1S/C16H17N3O3S/c1-9-3-5-12-13(7-9)19-16(18-12)23-14-6-4-10(22-14)8-11(17)15(20)21-2/h3-7,11H,8,17H2,1-2H3,(H,18,19). The highest BCUT2D eigenvalue weighted by atomic mass is 32.2. The number of nitrogens with two attached hydrogens (primary N) is 1. The van der Waals surface area contributed by atoms with Gasteiger partial charge in [0.05, 0.1) is 18.1 Å². The average Bonchev–Trinajstić information content (AvgIpc) is 3.12. The predicted molar refractivity (Wildman–Crippen MR) is 87.4 cm³/mol. The quantitative estimate of drug-likeness (QED) is 0.698. The molecule has 0 bridgehead atoms. The molecule has 2 aromatic heterocycles. The van der Waals surface area contributed by atoms with Crippen LogP contribution in [-0.2, 0) is 16.0 Å². The zero-order valence-electron chi connectivity index (χ0n) is 12.8. The number of aromatic amines is 1. The number of carbonyl (C=O) groups is 1. The van der Waals surface area contributed by atoms with Gasteiger partial charge in [-0.1, -0.05) is 6.07 Å². The number of nitrogens with one attached hydrogen (secondary N) is 1. The molecule has 0 aliphatic rings. The Morgan fingerprint density at radius 1 is 1.43 bits per heavy atom. The van der Waals surface area contributed by atoms with Crippen molar-refractivity contribution in [3.05, 3.63) is 41.7 Å². The molecule has 1 unspecified atom stereocenters. The van der Waals surface area contributed by atoms with Gasteiger partial charge >= 0.3 is 5.97 Å². The Morgan fingerprint density at radius 2 is 2.26 bits per heavy atom. The van der Waals surface area contributed by atoms with Crippen molar-refractivity contribution in [2.75, 3.05) is 7.11 Å². The first kappa shape index (κ1) is 15.6. The number of esters is 1. The molecule has 0 saturated heterocycles. The molecule has 3 N–H and O–H groups in total. The summed E-state index contributed by atoms with van der Waals surface area (Å²) < 4.78 is 10.3. The third kappa shape index (κ3) is 3.57. The Balaban J connectivity index is 1.71. The van der Waals surface area contributed by atoms with Crippen molar-refractivity contribution < 1.29 is 13.9 Å². The number of furan rings is 1. The number of imidazole rings is 1. The summed E-state index contributed by atoms with van der Waals surface area (Å²) in [5.41, 5.74) is 8.81. The van der Waals surface area contributed by atoms with Crippen LogP contribution in [0.25, 0.3) is 11.0 Å². The largest absolute Gasteiger partial charge is 0.468 e. The highest BCUT2D eigenvalue weighted by Crippen LogP contribution is 2.29. The van der Waals surface area contributed by atoms with E-state index < -0.39 is 12.0 Å². The normalized spacial score (nSPS) is 12.5. The first-order chi connectivity index (χ1) is 11.0. The van der Waals surface area contributed by atoms with Crippen molar-refractivity contribution >= 4 is 28.8 Å². The molecule has 120 valence electrons. The van der Waals surface area contributed by atoms with Gasteiger partial charge in [0.25, 0.3) is 0 Å². The molecule has 0 aliphatic heterocycles. The molecule has 3 aromatic rings. The van der Waals surface area contributed by atoms with E-state index in [4.69, 9.17) is 10.2 Å². The van der Waals surface area contributed by atoms with Crippen LogP contribution in [0.3, 0.4) is 0 Å². The predicted octanol–water partition coefficient (Wildman–Crippen LogP) is 2.66. The summed E-state index contributed by atoms with van der Waals surface area (Å²) in [6, 6.07) is 8.97. The minimum atomic E-state index is -0.724. The van der Waals surface area contributed by atoms with Crippen LogP contribution in [0.4, 0.5) is 0 Å². The molecule has 1 atom stereocenters. The smallest absolute Gasteiger partial charge is 0.323 e. The first-order valence-corrected chi connectivity index (χ1v) is 7.93. The first-order valence-electron chi connectivity index (χ1n) is 7.11. The van der Waals surface area contributed by atoms with Crippen LogP contribution in [0.1, 0.15) is 11.3 Å². The summed E-state index contributed by atoms with van der Waals surface area (Å²) in [6.07, 6.45) is 0.298. The number of ether oxygens (including phenoxy) is 1. The molecule has 3 rings (SSSR count). The molecule has 1 aromatic carbocycles. The fourth-order valence-corrected chi connectivity index (χ4v) is 3.00. The molecule has 0 saturated carbocycles. The second kappa shape index (κ2) is 6.47. The summed E-state index contributed by atoms with van der Waals surface area (Å²) >= 11 is 1.39. The second-order valence-corrected chi connectivity index (χ2v) is 6.21. The monoisotopic (exact) mass is 331 g/mol. The lowest BCUT2D eigenvalue weighted by Gasteiger charge is -2.06. The maximum atomic E-state index is 11.3. The molecular weight excluding hydrogens is 314 g/mol. The maximum Gasteiger partial charge on any atom is 0.323 e. The van der Waals surface area contributed by atoms with Crippen molar-refractivity contribution in [2.24, 2.45) is 5.73 Å². The number of nitrogens with zero attached hydrogens (tertiary/aromatic N) is 1. The number of aryl methyl sites for hydroxylation is 1. The van der Waals surface area contributed by atoms with Crippen molar-refractivity contribution in [1.82, 2.24) is 9.97 Å². The molecule has 0 fully saturated rings. The summed E-state index contributed by atoms with van der Waals surface area (Å²) in [7, 11) is 1.31. The van der Waals surface area contributed by atoms with Gasteiger partial charge in [-0.25, -0.2) is 4.98 Å². The number of rotatable bonds is 5. The zero-order chi connectivity index (χ0) is 16.4. The fourth-order valence-electron chi connectivity index (χ4n) is 2.22. The van der Waals surface area contributed by atoms with Gasteiger partial charge in [0, 0.05) is 6.42 Å². The summed E-state index contributed by atoms with van der Waals surface area (Å²) in [5, 5.41) is 1.44. The molecule has 23 heavy (non-hydrogen) atoms. The van der Waals surface area contributed by atoms with Crippen LogP contribution in [-0.4, -0.2) is 29.1 Å². The molecule has 0 amide bonds.